The highest BCUT2D eigenvalue weighted by Gasteiger charge is 2.40. The molecule has 0 unspecified atom stereocenters. The molecule has 0 spiro atoms. The molecule has 0 radical (unpaired) electrons. The van der Waals surface area contributed by atoms with Gasteiger partial charge in [0.1, 0.15) is 11.4 Å². The molecule has 2 nitrogen and oxygen atoms in total. The van der Waals surface area contributed by atoms with Crippen LogP contribution < -0.4 is 4.74 Å². The van der Waals surface area contributed by atoms with Crippen LogP contribution in [0.1, 0.15) is 18.9 Å². The first kappa shape index (κ1) is 10.8. The molecule has 1 heterocycles. The van der Waals surface area contributed by atoms with Crippen LogP contribution in [0.3, 0.4) is 0 Å². The third-order valence-corrected chi connectivity index (χ3v) is 4.42. The second-order valence-corrected chi connectivity index (χ2v) is 5.37. The Bertz CT molecular complexity index is 353. The van der Waals surface area contributed by atoms with Crippen molar-refractivity contribution in [2.24, 2.45) is 0 Å². The largest absolute Gasteiger partial charge is 0.497 e. The van der Waals surface area contributed by atoms with E-state index in [9.17, 15) is 5.11 Å². The lowest BCUT2D eigenvalue weighted by atomic mass is 9.88. The van der Waals surface area contributed by atoms with E-state index in [4.69, 9.17) is 4.74 Å². The number of benzene rings is 1. The number of ether oxygens (including phenoxy) is 1. The molecule has 1 fully saturated rings. The summed E-state index contributed by atoms with van der Waals surface area (Å²) >= 11 is 1.82. The van der Waals surface area contributed by atoms with Crippen LogP contribution in [0.15, 0.2) is 24.3 Å². The zero-order valence-corrected chi connectivity index (χ0v) is 9.88. The highest BCUT2D eigenvalue weighted by molar-refractivity contribution is 8.00. The normalized spacial score (nSPS) is 30.5. The van der Waals surface area contributed by atoms with Crippen LogP contribution >= 0.6 is 11.8 Å². The third-order valence-electron chi connectivity index (χ3n) is 3.09. The summed E-state index contributed by atoms with van der Waals surface area (Å²) in [5.41, 5.74) is 0.290. The van der Waals surface area contributed by atoms with E-state index in [1.807, 2.05) is 36.0 Å². The number of rotatable bonds is 2. The van der Waals surface area contributed by atoms with Crippen molar-refractivity contribution in [1.29, 1.82) is 0 Å². The van der Waals surface area contributed by atoms with Gasteiger partial charge in [-0.15, -0.1) is 0 Å². The van der Waals surface area contributed by atoms with Crippen LogP contribution in [0.4, 0.5) is 0 Å². The van der Waals surface area contributed by atoms with Gasteiger partial charge >= 0.3 is 0 Å². The van der Waals surface area contributed by atoms with Gasteiger partial charge in [-0.1, -0.05) is 19.1 Å². The van der Waals surface area contributed by atoms with Crippen LogP contribution in [-0.4, -0.2) is 23.2 Å². The highest BCUT2D eigenvalue weighted by atomic mass is 32.2. The summed E-state index contributed by atoms with van der Waals surface area (Å²) in [4.78, 5) is 0. The van der Waals surface area contributed by atoms with Crippen molar-refractivity contribution in [3.63, 3.8) is 0 Å². The Morgan fingerprint density at radius 2 is 2.33 bits per heavy atom. The summed E-state index contributed by atoms with van der Waals surface area (Å²) in [5.74, 6) is 1.83. The van der Waals surface area contributed by atoms with Gasteiger partial charge < -0.3 is 9.84 Å². The average Bonchev–Trinajstić information content (AvgIpc) is 2.61. The first-order valence-electron chi connectivity index (χ1n) is 5.15. The first-order chi connectivity index (χ1) is 7.16. The molecule has 0 saturated carbocycles. The summed E-state index contributed by atoms with van der Waals surface area (Å²) in [6, 6.07) is 7.74. The summed E-state index contributed by atoms with van der Waals surface area (Å²) in [5, 5.41) is 10.8. The topological polar surface area (TPSA) is 29.5 Å². The second kappa shape index (κ2) is 4.06. The lowest BCUT2D eigenvalue weighted by Crippen LogP contribution is -2.31. The smallest absolute Gasteiger partial charge is 0.119 e. The quantitative estimate of drug-likeness (QED) is 0.836. The van der Waals surface area contributed by atoms with E-state index in [0.29, 0.717) is 0 Å². The van der Waals surface area contributed by atoms with Gasteiger partial charge in [-0.25, -0.2) is 0 Å². The summed E-state index contributed by atoms with van der Waals surface area (Å²) in [7, 11) is 1.65. The van der Waals surface area contributed by atoms with Crippen LogP contribution in [0.25, 0.3) is 0 Å². The summed E-state index contributed by atoms with van der Waals surface area (Å²) in [6.07, 6.45) is 0.825. The molecule has 15 heavy (non-hydrogen) atoms. The van der Waals surface area contributed by atoms with Crippen molar-refractivity contribution in [2.45, 2.75) is 24.2 Å². The minimum Gasteiger partial charge on any atom is -0.497 e. The lowest BCUT2D eigenvalue weighted by molar-refractivity contribution is 0.0425. The molecule has 0 aromatic heterocycles. The standard InChI is InChI=1S/C12H16O2S/c1-9-12(13,6-7-15-9)10-4-3-5-11(8-10)14-2/h3-5,8-9,13H,6-7H2,1-2H3/t9-,12-/m1/s1. The Morgan fingerprint density at radius 3 is 2.93 bits per heavy atom. The molecule has 1 aliphatic rings. The minimum absolute atomic E-state index is 0.254. The first-order valence-corrected chi connectivity index (χ1v) is 6.20. The molecule has 2 atom stereocenters. The molecule has 1 aromatic carbocycles. The molecule has 1 N–H and O–H groups in total. The van der Waals surface area contributed by atoms with E-state index in [-0.39, 0.29) is 5.25 Å². The maximum absolute atomic E-state index is 10.6. The molecule has 3 heteroatoms. The van der Waals surface area contributed by atoms with Crippen LogP contribution in [0, 0.1) is 0 Å². The van der Waals surface area contributed by atoms with E-state index in [2.05, 4.69) is 6.92 Å². The van der Waals surface area contributed by atoms with Gasteiger partial charge in [-0.05, 0) is 29.9 Å². The average molecular weight is 224 g/mol. The van der Waals surface area contributed by atoms with E-state index in [1.165, 1.54) is 0 Å². The molecule has 0 bridgehead atoms. The Kier molecular flexibility index (Phi) is 2.94. The predicted molar refractivity (Wildman–Crippen MR) is 63.4 cm³/mol. The van der Waals surface area contributed by atoms with Crippen LogP contribution in [-0.2, 0) is 5.60 Å². The minimum atomic E-state index is -0.681. The van der Waals surface area contributed by atoms with E-state index >= 15 is 0 Å². The Hall–Kier alpha value is -0.670. The molecule has 2 rings (SSSR count). The number of hydrogen-bond acceptors (Lipinski definition) is 3. The molecule has 1 aromatic rings. The molecule has 1 aliphatic heterocycles. The van der Waals surface area contributed by atoms with E-state index < -0.39 is 5.60 Å². The van der Waals surface area contributed by atoms with Gasteiger partial charge in [-0.2, -0.15) is 11.8 Å². The van der Waals surface area contributed by atoms with Crippen molar-refractivity contribution < 1.29 is 9.84 Å². The number of methoxy groups -OCH3 is 1. The fourth-order valence-corrected chi connectivity index (χ4v) is 3.32. The number of hydrogen-bond donors (Lipinski definition) is 1. The highest BCUT2D eigenvalue weighted by Crippen LogP contribution is 2.43. The Labute approximate surface area is 94.6 Å². The fourth-order valence-electron chi connectivity index (χ4n) is 2.00. The molecular formula is C12H16O2S. The van der Waals surface area contributed by atoms with Gasteiger partial charge in [0.05, 0.1) is 7.11 Å². The fraction of sp³-hybridized carbons (Fsp3) is 0.500. The van der Waals surface area contributed by atoms with Gasteiger partial charge in [-0.3, -0.25) is 0 Å². The zero-order valence-electron chi connectivity index (χ0n) is 9.06. The van der Waals surface area contributed by atoms with E-state index in [1.54, 1.807) is 7.11 Å². The molecule has 0 aliphatic carbocycles. The van der Waals surface area contributed by atoms with Gasteiger partial charge in [0.25, 0.3) is 0 Å². The Morgan fingerprint density at radius 1 is 1.53 bits per heavy atom. The van der Waals surface area contributed by atoms with Crippen molar-refractivity contribution in [1.82, 2.24) is 0 Å². The van der Waals surface area contributed by atoms with Crippen molar-refractivity contribution in [3.05, 3.63) is 29.8 Å². The molecular weight excluding hydrogens is 208 g/mol. The van der Waals surface area contributed by atoms with Crippen LogP contribution in [0.2, 0.25) is 0 Å². The van der Waals surface area contributed by atoms with Gasteiger partial charge in [0, 0.05) is 5.25 Å². The second-order valence-electron chi connectivity index (χ2n) is 3.92. The van der Waals surface area contributed by atoms with Crippen LogP contribution in [0.5, 0.6) is 5.75 Å². The molecule has 1 saturated heterocycles. The van der Waals surface area contributed by atoms with E-state index in [0.717, 1.165) is 23.5 Å². The third kappa shape index (κ3) is 1.86. The number of thioether (sulfide) groups is 1. The lowest BCUT2D eigenvalue weighted by Gasteiger charge is -2.27. The Balaban J connectivity index is 2.35. The monoisotopic (exact) mass is 224 g/mol. The zero-order chi connectivity index (χ0) is 10.9. The SMILES string of the molecule is COc1cccc([C@@]2(O)CCS[C@@H]2C)c1. The summed E-state index contributed by atoms with van der Waals surface area (Å²) in [6.45, 7) is 2.08. The van der Waals surface area contributed by atoms with Crippen molar-refractivity contribution in [3.8, 4) is 5.75 Å². The molecule has 82 valence electrons. The van der Waals surface area contributed by atoms with Gasteiger partial charge in [0.15, 0.2) is 0 Å². The van der Waals surface area contributed by atoms with Crippen molar-refractivity contribution >= 4 is 11.8 Å². The maximum Gasteiger partial charge on any atom is 0.119 e. The molecule has 0 amide bonds. The maximum atomic E-state index is 10.6. The predicted octanol–water partition coefficient (Wildman–Crippen LogP) is 2.41. The summed E-state index contributed by atoms with van der Waals surface area (Å²) < 4.78 is 5.18. The van der Waals surface area contributed by atoms with Crippen molar-refractivity contribution in [2.75, 3.05) is 12.9 Å². The number of aliphatic hydroxyl groups is 1. The van der Waals surface area contributed by atoms with Gasteiger partial charge in [0.2, 0.25) is 0 Å².